The summed E-state index contributed by atoms with van der Waals surface area (Å²) in [4.78, 5) is 15.4. The van der Waals surface area contributed by atoms with E-state index in [1.807, 2.05) is 0 Å². The van der Waals surface area contributed by atoms with Gasteiger partial charge in [0.05, 0.1) is 50.7 Å². The molecule has 552 valence electrons. The molecule has 0 aromatic heterocycles. The molecule has 6 saturated heterocycles. The number of carbonyl (C=O) groups is 1. The molecule has 0 radical (unpaired) electrons. The van der Waals surface area contributed by atoms with Crippen LogP contribution in [0.15, 0.2) is 11.6 Å². The first-order chi connectivity index (χ1) is 45.1. The van der Waals surface area contributed by atoms with Gasteiger partial charge in [0, 0.05) is 0 Å². The third-order valence-electron chi connectivity index (χ3n) is 25.2. The first kappa shape index (κ1) is 75.2. The highest BCUT2D eigenvalue weighted by molar-refractivity contribution is 5.79. The number of fused-ring (bicyclic) bond motifs is 7. The molecule has 11 aliphatic rings. The molecule has 4 saturated carbocycles. The molecule has 37 unspecified atom stereocenters. The third kappa shape index (κ3) is 12.8. The van der Waals surface area contributed by atoms with Gasteiger partial charge in [-0.15, -0.1) is 0 Å². The predicted molar refractivity (Wildman–Crippen MR) is 321 cm³/mol. The minimum atomic E-state index is -2.00. The fourth-order valence-corrected chi connectivity index (χ4v) is 19.2. The van der Waals surface area contributed by atoms with Crippen LogP contribution in [0.3, 0.4) is 0 Å². The maximum atomic E-state index is 15.4. The number of aliphatic hydroxyl groups excluding tert-OH is 18. The van der Waals surface area contributed by atoms with Gasteiger partial charge in [0.2, 0.25) is 6.29 Å². The Hall–Kier alpha value is -1.95. The molecule has 31 heteroatoms. The van der Waals surface area contributed by atoms with Crippen LogP contribution in [0.1, 0.15) is 120 Å². The number of hydrogen-bond acceptors (Lipinski definition) is 31. The molecule has 18 N–H and O–H groups in total. The second-order valence-electron chi connectivity index (χ2n) is 31.4. The number of esters is 1. The normalized spacial score (nSPS) is 53.0. The Balaban J connectivity index is 0.778. The molecule has 0 amide bonds. The van der Waals surface area contributed by atoms with Crippen molar-refractivity contribution in [1.29, 1.82) is 0 Å². The van der Waals surface area contributed by atoms with E-state index in [2.05, 4.69) is 54.5 Å². The number of allylic oxidation sites excluding steroid dienone is 2. The summed E-state index contributed by atoms with van der Waals surface area (Å²) in [6, 6.07) is 0. The first-order valence-electron chi connectivity index (χ1n) is 34.1. The Morgan fingerprint density at radius 2 is 1.07 bits per heavy atom. The third-order valence-corrected chi connectivity index (χ3v) is 25.2. The number of hydrogen-bond donors (Lipinski definition) is 18. The Morgan fingerprint density at radius 1 is 0.521 bits per heavy atom. The lowest BCUT2D eigenvalue weighted by Gasteiger charge is -2.71. The highest BCUT2D eigenvalue weighted by Gasteiger charge is 2.71. The van der Waals surface area contributed by atoms with Crippen LogP contribution < -0.4 is 0 Å². The summed E-state index contributed by atoms with van der Waals surface area (Å²) in [6.45, 7) is 13.5. The van der Waals surface area contributed by atoms with Crippen LogP contribution >= 0.6 is 0 Å². The Bertz CT molecular complexity index is 2690. The maximum absolute atomic E-state index is 15.4. The van der Waals surface area contributed by atoms with Crippen molar-refractivity contribution < 1.29 is 154 Å². The Morgan fingerprint density at radius 3 is 1.69 bits per heavy atom. The van der Waals surface area contributed by atoms with E-state index in [-0.39, 0.29) is 34.0 Å². The van der Waals surface area contributed by atoms with Gasteiger partial charge in [0.25, 0.3) is 0 Å². The van der Waals surface area contributed by atoms with Crippen LogP contribution in [-0.4, -0.2) is 315 Å². The molecular formula is C65H106O31. The molecule has 37 atom stereocenters. The summed E-state index contributed by atoms with van der Waals surface area (Å²) in [6.07, 6.45) is -40.3. The predicted octanol–water partition coefficient (Wildman–Crippen LogP) is -4.72. The van der Waals surface area contributed by atoms with E-state index in [0.29, 0.717) is 44.9 Å². The van der Waals surface area contributed by atoms with Gasteiger partial charge in [-0.05, 0) is 116 Å². The highest BCUT2D eigenvalue weighted by atomic mass is 16.8. The van der Waals surface area contributed by atoms with Gasteiger partial charge < -0.3 is 149 Å². The van der Waals surface area contributed by atoms with E-state index in [0.717, 1.165) is 19.3 Å². The number of aliphatic hydroxyl groups is 18. The molecule has 0 bridgehead atoms. The zero-order chi connectivity index (χ0) is 70.0. The minimum Gasteiger partial charge on any atom is -0.432 e. The van der Waals surface area contributed by atoms with Crippen LogP contribution in [0.5, 0.6) is 0 Å². The zero-order valence-corrected chi connectivity index (χ0v) is 55.6. The maximum Gasteiger partial charge on any atom is 0.315 e. The van der Waals surface area contributed by atoms with Crippen LogP contribution in [0, 0.1) is 50.2 Å². The van der Waals surface area contributed by atoms with Gasteiger partial charge in [-0.25, -0.2) is 0 Å². The van der Waals surface area contributed by atoms with Gasteiger partial charge in [-0.3, -0.25) is 4.79 Å². The topological polar surface area (TPSA) is 492 Å². The quantitative estimate of drug-likeness (QED) is 0.0348. The van der Waals surface area contributed by atoms with Crippen molar-refractivity contribution in [2.75, 3.05) is 33.0 Å². The highest BCUT2D eigenvalue weighted by Crippen LogP contribution is 2.76. The molecule has 96 heavy (non-hydrogen) atoms. The SMILES string of the molecule is CC1OC(OC2CCC3(C)C(CCC4(C)C3CC=C3C5CC(C)(C)CCC5(C(=O)OC5OC(CO)C(OC6OC(C(O)CO)C(O)C6OC6OC(CO)C(O)C(O)C6O)C(O)C5O)CCC34C)C2(C)C)C(O)C(OC2OC(C(O)CO)C(O)C2OC2OCC(O)C(O)C2O)C1O. The summed E-state index contributed by atoms with van der Waals surface area (Å²) >= 11 is 0. The number of rotatable bonds is 18. The summed E-state index contributed by atoms with van der Waals surface area (Å²) < 4.78 is 71.9. The second kappa shape index (κ2) is 28.3. The molecular weight excluding hydrogens is 1280 g/mol. The van der Waals surface area contributed by atoms with Gasteiger partial charge >= 0.3 is 5.97 Å². The van der Waals surface area contributed by atoms with Crippen molar-refractivity contribution in [1.82, 2.24) is 0 Å². The molecule has 10 fully saturated rings. The monoisotopic (exact) mass is 1380 g/mol. The summed E-state index contributed by atoms with van der Waals surface area (Å²) in [5, 5.41) is 194. The minimum absolute atomic E-state index is 0.0882. The first-order valence-corrected chi connectivity index (χ1v) is 34.1. The number of ether oxygens (including phenoxy) is 12. The van der Waals surface area contributed by atoms with Crippen molar-refractivity contribution in [2.45, 2.75) is 304 Å². The van der Waals surface area contributed by atoms with Crippen LogP contribution in [0.4, 0.5) is 0 Å². The Kier molecular flexibility index (Phi) is 22.1. The molecule has 0 aromatic carbocycles. The van der Waals surface area contributed by atoms with Crippen molar-refractivity contribution in [3.63, 3.8) is 0 Å². The van der Waals surface area contributed by atoms with Gasteiger partial charge in [0.1, 0.15) is 134 Å². The van der Waals surface area contributed by atoms with E-state index in [1.165, 1.54) is 5.57 Å². The van der Waals surface area contributed by atoms with E-state index in [4.69, 9.17) is 56.8 Å². The zero-order valence-electron chi connectivity index (χ0n) is 55.6. The largest absolute Gasteiger partial charge is 0.432 e. The van der Waals surface area contributed by atoms with Crippen LogP contribution in [0.25, 0.3) is 0 Å². The van der Waals surface area contributed by atoms with Gasteiger partial charge in [-0.2, -0.15) is 0 Å². The lowest BCUT2D eigenvalue weighted by atomic mass is 9.33. The molecule has 31 nitrogen and oxygen atoms in total. The number of carbonyl (C=O) groups excluding carboxylic acids is 1. The van der Waals surface area contributed by atoms with Crippen LogP contribution in [-0.2, 0) is 61.6 Å². The molecule has 0 aromatic rings. The van der Waals surface area contributed by atoms with Crippen LogP contribution in [0.2, 0.25) is 0 Å². The van der Waals surface area contributed by atoms with Crippen molar-refractivity contribution >= 4 is 5.97 Å². The van der Waals surface area contributed by atoms with Gasteiger partial charge in [-0.1, -0.05) is 60.1 Å². The molecule has 11 rings (SSSR count). The van der Waals surface area contributed by atoms with E-state index in [9.17, 15) is 91.9 Å². The Labute approximate surface area is 556 Å². The summed E-state index contributed by atoms with van der Waals surface area (Å²) in [5.41, 5.74) is -1.58. The smallest absolute Gasteiger partial charge is 0.315 e. The van der Waals surface area contributed by atoms with E-state index >= 15 is 4.79 Å². The average Bonchev–Trinajstić information content (AvgIpc) is 0.784. The van der Waals surface area contributed by atoms with Crippen molar-refractivity contribution in [3.05, 3.63) is 11.6 Å². The van der Waals surface area contributed by atoms with Crippen molar-refractivity contribution in [3.8, 4) is 0 Å². The summed E-state index contributed by atoms with van der Waals surface area (Å²) in [7, 11) is 0. The fourth-order valence-electron chi connectivity index (χ4n) is 19.2. The van der Waals surface area contributed by atoms with E-state index < -0.39 is 239 Å². The van der Waals surface area contributed by atoms with E-state index in [1.54, 1.807) is 6.92 Å². The molecule has 6 aliphatic heterocycles. The molecule has 6 heterocycles. The second-order valence-corrected chi connectivity index (χ2v) is 31.4. The van der Waals surface area contributed by atoms with Gasteiger partial charge in [0.15, 0.2) is 31.5 Å². The molecule has 5 aliphatic carbocycles. The lowest BCUT2D eigenvalue weighted by Crippen LogP contribution is -2.66. The summed E-state index contributed by atoms with van der Waals surface area (Å²) in [5.74, 6) is -0.704. The standard InChI is InChI=1S/C65H106O31/c1-25-36(73)50(93-58-51(44(81)47(91-58)28(70)20-66)94-53-41(78)37(74)30(72)24-85-53)46(83)56(86-25)89-35-12-13-62(6)33(61(35,4)5)11-14-64(8)34(62)10-9-26-27-19-60(2,3)15-17-65(27,18-16-63(26,64)7)59(84)96-55-43(80)40(77)49(32(23-69)88-55)92-57-52(45(82)48(90-57)29(71)21-67)95-54-42(79)39(76)38(75)31(22-68)87-54/h9,25,27-58,66-83H,10-24H2,1-8H3. The average molecular weight is 1380 g/mol. The lowest BCUT2D eigenvalue weighted by molar-refractivity contribution is -0.352. The molecule has 0 spiro atoms. The van der Waals surface area contributed by atoms with Crippen molar-refractivity contribution in [2.24, 2.45) is 50.2 Å². The fraction of sp³-hybridized carbons (Fsp3) is 0.954.